The molecule has 0 radical (unpaired) electrons. The van der Waals surface area contributed by atoms with Gasteiger partial charge in [0.25, 0.3) is 0 Å². The van der Waals surface area contributed by atoms with Crippen molar-refractivity contribution in [3.63, 3.8) is 0 Å². The molecule has 0 aromatic carbocycles. The van der Waals surface area contributed by atoms with Crippen molar-refractivity contribution >= 4 is 5.97 Å². The van der Waals surface area contributed by atoms with E-state index in [9.17, 15) is 30.3 Å². The third kappa shape index (κ3) is 4.07. The smallest absolute Gasteiger partial charge is 0.308 e. The molecule has 6 nitrogen and oxygen atoms in total. The van der Waals surface area contributed by atoms with Crippen LogP contribution in [0, 0.1) is 52.3 Å². The number of aliphatic hydroxyl groups excluding tert-OH is 4. The molecule has 6 heteroatoms. The van der Waals surface area contributed by atoms with Crippen molar-refractivity contribution in [1.29, 1.82) is 0 Å². The summed E-state index contributed by atoms with van der Waals surface area (Å²) in [4.78, 5) is 11.2. The molecule has 4 aliphatic rings. The van der Waals surface area contributed by atoms with Gasteiger partial charge in [-0.15, -0.1) is 0 Å². The SMILES string of the molecule is CC(C(=O)O)[C@@H](O)CC[C@@H](C)[C@H]1CC[C@H]2[C@@H]3[C@H](O)C[C@@H]4C[C@H](O)CC[C@]4(C)[C@H]3C[C@H](O)[C@]12C. The van der Waals surface area contributed by atoms with E-state index in [4.69, 9.17) is 0 Å². The third-order valence-electron chi connectivity index (χ3n) is 11.4. The Kier molecular flexibility index (Phi) is 6.98. The Labute approximate surface area is 198 Å². The lowest BCUT2D eigenvalue weighted by Gasteiger charge is -2.63. The summed E-state index contributed by atoms with van der Waals surface area (Å²) in [6.45, 7) is 8.32. The normalized spacial score (nSPS) is 49.9. The lowest BCUT2D eigenvalue weighted by atomic mass is 9.43. The van der Waals surface area contributed by atoms with Gasteiger partial charge in [0.05, 0.1) is 30.3 Å². The quantitative estimate of drug-likeness (QED) is 0.409. The van der Waals surface area contributed by atoms with Crippen molar-refractivity contribution in [2.45, 2.75) is 110 Å². The summed E-state index contributed by atoms with van der Waals surface area (Å²) in [6, 6.07) is 0. The molecule has 0 aliphatic heterocycles. The molecule has 13 atom stereocenters. The highest BCUT2D eigenvalue weighted by Gasteiger charge is 2.65. The Morgan fingerprint density at radius 3 is 2.33 bits per heavy atom. The van der Waals surface area contributed by atoms with Crippen LogP contribution < -0.4 is 0 Å². The Bertz CT molecular complexity index is 727. The van der Waals surface area contributed by atoms with Gasteiger partial charge in [-0.1, -0.05) is 20.8 Å². The summed E-state index contributed by atoms with van der Waals surface area (Å²) in [5.74, 6) is -0.0734. The lowest BCUT2D eigenvalue weighted by Crippen LogP contribution is -2.62. The van der Waals surface area contributed by atoms with Crippen molar-refractivity contribution in [3.05, 3.63) is 0 Å². The second kappa shape index (κ2) is 9.07. The van der Waals surface area contributed by atoms with Crippen LogP contribution in [0.25, 0.3) is 0 Å². The van der Waals surface area contributed by atoms with Crippen LogP contribution in [0.5, 0.6) is 0 Å². The maximum Gasteiger partial charge on any atom is 0.308 e. The average Bonchev–Trinajstić information content (AvgIpc) is 3.11. The average molecular weight is 467 g/mol. The number of hydrogen-bond acceptors (Lipinski definition) is 5. The lowest BCUT2D eigenvalue weighted by molar-refractivity contribution is -0.207. The first-order valence-electron chi connectivity index (χ1n) is 13.4. The van der Waals surface area contributed by atoms with Crippen molar-refractivity contribution in [1.82, 2.24) is 0 Å². The Morgan fingerprint density at radius 2 is 1.67 bits per heavy atom. The van der Waals surface area contributed by atoms with Crippen LogP contribution in [0.1, 0.15) is 85.5 Å². The Morgan fingerprint density at radius 1 is 0.970 bits per heavy atom. The van der Waals surface area contributed by atoms with Gasteiger partial charge in [-0.3, -0.25) is 4.79 Å². The van der Waals surface area contributed by atoms with Crippen LogP contribution in [0.3, 0.4) is 0 Å². The number of rotatable bonds is 6. The standard InChI is InChI=1S/C27H46O6/c1-14(5-8-21(29)15(2)25(32)33)18-6-7-19-24-20(13-23(31)27(18,19)4)26(3)10-9-17(28)11-16(26)12-22(24)30/h14-24,28-31H,5-13H2,1-4H3,(H,32,33)/t14-,15?,16+,17-,18-,19+,20+,21+,22-,23+,24+,26+,27-/m1/s1. The molecule has 33 heavy (non-hydrogen) atoms. The van der Waals surface area contributed by atoms with Gasteiger partial charge in [-0.25, -0.2) is 0 Å². The molecule has 4 fully saturated rings. The van der Waals surface area contributed by atoms with Crippen LogP contribution in [-0.4, -0.2) is 55.9 Å². The number of carboxylic acids is 1. The molecule has 4 rings (SSSR count). The van der Waals surface area contributed by atoms with E-state index in [1.807, 2.05) is 0 Å². The number of hydrogen-bond donors (Lipinski definition) is 5. The first-order valence-corrected chi connectivity index (χ1v) is 13.4. The van der Waals surface area contributed by atoms with E-state index in [1.165, 1.54) is 0 Å². The highest BCUT2D eigenvalue weighted by Crippen LogP contribution is 2.68. The highest BCUT2D eigenvalue weighted by atomic mass is 16.4. The minimum Gasteiger partial charge on any atom is -0.481 e. The fourth-order valence-corrected chi connectivity index (χ4v) is 9.18. The van der Waals surface area contributed by atoms with E-state index in [-0.39, 0.29) is 40.8 Å². The number of fused-ring (bicyclic) bond motifs is 5. The van der Waals surface area contributed by atoms with Crippen molar-refractivity contribution < 1.29 is 30.3 Å². The Hall–Kier alpha value is -0.690. The van der Waals surface area contributed by atoms with E-state index in [0.717, 1.165) is 51.4 Å². The van der Waals surface area contributed by atoms with E-state index < -0.39 is 24.1 Å². The van der Waals surface area contributed by atoms with Gasteiger partial charge in [-0.2, -0.15) is 0 Å². The van der Waals surface area contributed by atoms with Crippen molar-refractivity contribution in [2.75, 3.05) is 0 Å². The summed E-state index contributed by atoms with van der Waals surface area (Å²) < 4.78 is 0. The van der Waals surface area contributed by atoms with Gasteiger partial charge in [0, 0.05) is 0 Å². The number of aliphatic carboxylic acids is 1. The van der Waals surface area contributed by atoms with E-state index in [2.05, 4.69) is 20.8 Å². The van der Waals surface area contributed by atoms with Crippen LogP contribution >= 0.6 is 0 Å². The fraction of sp³-hybridized carbons (Fsp3) is 0.963. The number of carboxylic acid groups (broad SMARTS) is 1. The summed E-state index contributed by atoms with van der Waals surface area (Å²) in [5, 5.41) is 52.7. The van der Waals surface area contributed by atoms with Gasteiger partial charge in [0.1, 0.15) is 0 Å². The van der Waals surface area contributed by atoms with Gasteiger partial charge < -0.3 is 25.5 Å². The van der Waals surface area contributed by atoms with E-state index >= 15 is 0 Å². The molecule has 190 valence electrons. The van der Waals surface area contributed by atoms with Crippen molar-refractivity contribution in [2.24, 2.45) is 52.3 Å². The van der Waals surface area contributed by atoms with Crippen LogP contribution in [0.4, 0.5) is 0 Å². The van der Waals surface area contributed by atoms with Gasteiger partial charge in [0.15, 0.2) is 0 Å². The molecule has 0 aromatic heterocycles. The summed E-state index contributed by atoms with van der Waals surface area (Å²) in [5.41, 5.74) is -0.186. The fourth-order valence-electron chi connectivity index (χ4n) is 9.18. The van der Waals surface area contributed by atoms with Gasteiger partial charge in [0.2, 0.25) is 0 Å². The summed E-state index contributed by atoms with van der Waals surface area (Å²) in [7, 11) is 0. The predicted octanol–water partition coefficient (Wildman–Crippen LogP) is 3.45. The molecule has 4 aliphatic carbocycles. The predicted molar refractivity (Wildman–Crippen MR) is 125 cm³/mol. The molecule has 0 saturated heterocycles. The molecule has 0 bridgehead atoms. The third-order valence-corrected chi connectivity index (χ3v) is 11.4. The first kappa shape index (κ1) is 25.4. The monoisotopic (exact) mass is 466 g/mol. The minimum atomic E-state index is -0.967. The highest BCUT2D eigenvalue weighted by molar-refractivity contribution is 5.70. The molecular formula is C27H46O6. The molecule has 0 amide bonds. The molecule has 1 unspecified atom stereocenters. The van der Waals surface area contributed by atoms with Crippen LogP contribution in [0.15, 0.2) is 0 Å². The number of carbonyl (C=O) groups is 1. The zero-order valence-corrected chi connectivity index (χ0v) is 20.9. The van der Waals surface area contributed by atoms with Crippen LogP contribution in [-0.2, 0) is 4.79 Å². The molecule has 5 N–H and O–H groups in total. The maximum absolute atomic E-state index is 11.6. The summed E-state index contributed by atoms with van der Waals surface area (Å²) >= 11 is 0. The molecule has 0 aromatic rings. The second-order valence-corrected chi connectivity index (χ2v) is 12.8. The molecule has 0 heterocycles. The van der Waals surface area contributed by atoms with Crippen molar-refractivity contribution in [3.8, 4) is 0 Å². The van der Waals surface area contributed by atoms with Gasteiger partial charge in [-0.05, 0) is 111 Å². The van der Waals surface area contributed by atoms with E-state index in [0.29, 0.717) is 24.2 Å². The molecular weight excluding hydrogens is 420 g/mol. The summed E-state index contributed by atoms with van der Waals surface area (Å²) in [6.07, 6.45) is 5.36. The Balaban J connectivity index is 1.52. The first-order chi connectivity index (χ1) is 15.4. The van der Waals surface area contributed by atoms with Gasteiger partial charge >= 0.3 is 5.97 Å². The largest absolute Gasteiger partial charge is 0.481 e. The minimum absolute atomic E-state index is 0.0756. The number of aliphatic hydroxyl groups is 4. The van der Waals surface area contributed by atoms with E-state index in [1.54, 1.807) is 6.92 Å². The zero-order chi connectivity index (χ0) is 24.3. The molecule has 4 saturated carbocycles. The topological polar surface area (TPSA) is 118 Å². The van der Waals surface area contributed by atoms with Crippen LogP contribution in [0.2, 0.25) is 0 Å². The molecule has 0 spiro atoms. The maximum atomic E-state index is 11.6. The zero-order valence-electron chi connectivity index (χ0n) is 20.9. The second-order valence-electron chi connectivity index (χ2n) is 12.8.